The van der Waals surface area contributed by atoms with Crippen molar-refractivity contribution in [2.45, 2.75) is 13.8 Å². The Morgan fingerprint density at radius 2 is 1.68 bits per heavy atom. The first kappa shape index (κ1) is 15.7. The second-order valence-corrected chi connectivity index (χ2v) is 4.98. The summed E-state index contributed by atoms with van der Waals surface area (Å²) in [6.07, 6.45) is 0. The van der Waals surface area contributed by atoms with Gasteiger partial charge in [-0.15, -0.1) is 0 Å². The van der Waals surface area contributed by atoms with Gasteiger partial charge in [-0.1, -0.05) is 24.0 Å². The number of rotatable bonds is 4. The number of pyridine rings is 1. The van der Waals surface area contributed by atoms with Gasteiger partial charge in [0, 0.05) is 18.8 Å². The summed E-state index contributed by atoms with van der Waals surface area (Å²) in [5, 5.41) is 0. The Kier molecular flexibility index (Phi) is 5.26. The van der Waals surface area contributed by atoms with Crippen molar-refractivity contribution in [1.29, 1.82) is 0 Å². The van der Waals surface area contributed by atoms with Gasteiger partial charge in [-0.25, -0.2) is 0 Å². The van der Waals surface area contributed by atoms with Crippen LogP contribution in [0.5, 0.6) is 11.5 Å². The van der Waals surface area contributed by atoms with Crippen LogP contribution in [0.25, 0.3) is 0 Å². The van der Waals surface area contributed by atoms with Gasteiger partial charge in [-0.05, 0) is 37.6 Å². The standard InChI is InChI=1S/C18H19NO3/c1-14-7-6-8-16(11-14)21-9-4-5-10-22-17-12-15(2)19(3)18(20)13-17/h6-8,11-13H,9-10H2,1-3H3. The van der Waals surface area contributed by atoms with Gasteiger partial charge >= 0.3 is 0 Å². The summed E-state index contributed by atoms with van der Waals surface area (Å²) in [4.78, 5) is 11.6. The summed E-state index contributed by atoms with van der Waals surface area (Å²) in [6, 6.07) is 11.1. The largest absolute Gasteiger partial charge is 0.481 e. The van der Waals surface area contributed by atoms with Gasteiger partial charge in [0.2, 0.25) is 0 Å². The molecule has 0 aliphatic heterocycles. The number of hydrogen-bond acceptors (Lipinski definition) is 3. The minimum Gasteiger partial charge on any atom is -0.481 e. The van der Waals surface area contributed by atoms with E-state index in [1.165, 1.54) is 6.07 Å². The topological polar surface area (TPSA) is 40.5 Å². The maximum Gasteiger partial charge on any atom is 0.254 e. The van der Waals surface area contributed by atoms with Crippen LogP contribution in [-0.2, 0) is 7.05 Å². The number of benzene rings is 1. The van der Waals surface area contributed by atoms with Gasteiger partial charge in [0.1, 0.15) is 24.7 Å². The van der Waals surface area contributed by atoms with E-state index in [2.05, 4.69) is 11.8 Å². The third-order valence-corrected chi connectivity index (χ3v) is 3.21. The van der Waals surface area contributed by atoms with Crippen LogP contribution >= 0.6 is 0 Å². The van der Waals surface area contributed by atoms with Crippen molar-refractivity contribution in [3.8, 4) is 23.3 Å². The highest BCUT2D eigenvalue weighted by molar-refractivity contribution is 5.28. The molecule has 0 spiro atoms. The lowest BCUT2D eigenvalue weighted by molar-refractivity contribution is 0.361. The minimum absolute atomic E-state index is 0.0919. The van der Waals surface area contributed by atoms with Gasteiger partial charge in [-0.3, -0.25) is 4.79 Å². The molecule has 4 heteroatoms. The van der Waals surface area contributed by atoms with Gasteiger partial charge < -0.3 is 14.0 Å². The maximum atomic E-state index is 11.6. The molecule has 0 radical (unpaired) electrons. The number of hydrogen-bond donors (Lipinski definition) is 0. The Balaban J connectivity index is 1.81. The zero-order chi connectivity index (χ0) is 15.9. The fraction of sp³-hybridized carbons (Fsp3) is 0.278. The third kappa shape index (κ3) is 4.42. The molecule has 0 fully saturated rings. The lowest BCUT2D eigenvalue weighted by Gasteiger charge is -2.06. The van der Waals surface area contributed by atoms with Gasteiger partial charge in [0.25, 0.3) is 5.56 Å². The van der Waals surface area contributed by atoms with Crippen molar-refractivity contribution in [3.05, 3.63) is 58.0 Å². The monoisotopic (exact) mass is 297 g/mol. The predicted molar refractivity (Wildman–Crippen MR) is 86.4 cm³/mol. The van der Waals surface area contributed by atoms with Crippen molar-refractivity contribution in [2.24, 2.45) is 7.05 Å². The van der Waals surface area contributed by atoms with Crippen LogP contribution < -0.4 is 15.0 Å². The summed E-state index contributed by atoms with van der Waals surface area (Å²) >= 11 is 0. The Morgan fingerprint density at radius 1 is 1.00 bits per heavy atom. The van der Waals surface area contributed by atoms with Crippen LogP contribution in [0.3, 0.4) is 0 Å². The lowest BCUT2D eigenvalue weighted by Crippen LogP contribution is -2.18. The first-order valence-electron chi connectivity index (χ1n) is 7.02. The van der Waals surface area contributed by atoms with E-state index in [-0.39, 0.29) is 12.2 Å². The molecule has 4 nitrogen and oxygen atoms in total. The van der Waals surface area contributed by atoms with Gasteiger partial charge in [-0.2, -0.15) is 0 Å². The fourth-order valence-corrected chi connectivity index (χ4v) is 1.87. The van der Waals surface area contributed by atoms with E-state index in [4.69, 9.17) is 9.47 Å². The second kappa shape index (κ2) is 7.37. The molecule has 1 heterocycles. The van der Waals surface area contributed by atoms with Crippen LogP contribution in [0.2, 0.25) is 0 Å². The van der Waals surface area contributed by atoms with E-state index in [9.17, 15) is 4.79 Å². The molecule has 0 atom stereocenters. The zero-order valence-corrected chi connectivity index (χ0v) is 13.1. The average molecular weight is 297 g/mol. The molecule has 1 aromatic heterocycles. The first-order valence-corrected chi connectivity index (χ1v) is 7.02. The van der Waals surface area contributed by atoms with E-state index in [0.717, 1.165) is 17.0 Å². The predicted octanol–water partition coefficient (Wildman–Crippen LogP) is 2.46. The molecule has 0 aliphatic carbocycles. The van der Waals surface area contributed by atoms with E-state index in [1.807, 2.05) is 44.2 Å². The highest BCUT2D eigenvalue weighted by Gasteiger charge is 1.99. The van der Waals surface area contributed by atoms with E-state index in [0.29, 0.717) is 12.4 Å². The van der Waals surface area contributed by atoms with E-state index >= 15 is 0 Å². The fourth-order valence-electron chi connectivity index (χ4n) is 1.87. The molecule has 0 aliphatic rings. The van der Waals surface area contributed by atoms with Crippen LogP contribution in [0.1, 0.15) is 11.3 Å². The van der Waals surface area contributed by atoms with Crippen molar-refractivity contribution < 1.29 is 9.47 Å². The molecule has 1 aromatic carbocycles. The zero-order valence-electron chi connectivity index (χ0n) is 13.1. The van der Waals surface area contributed by atoms with Crippen LogP contribution in [0.15, 0.2) is 41.2 Å². The van der Waals surface area contributed by atoms with Crippen molar-refractivity contribution >= 4 is 0 Å². The average Bonchev–Trinajstić information content (AvgIpc) is 2.48. The number of ether oxygens (including phenoxy) is 2. The first-order chi connectivity index (χ1) is 10.6. The highest BCUT2D eigenvalue weighted by atomic mass is 16.5. The maximum absolute atomic E-state index is 11.6. The Hall–Kier alpha value is -2.67. The molecule has 0 bridgehead atoms. The van der Waals surface area contributed by atoms with Gasteiger partial charge in [0.05, 0.1) is 0 Å². The van der Waals surface area contributed by atoms with Crippen molar-refractivity contribution in [2.75, 3.05) is 13.2 Å². The molecule has 2 aromatic rings. The summed E-state index contributed by atoms with van der Waals surface area (Å²) < 4.78 is 12.5. The SMILES string of the molecule is Cc1cccc(OCC#CCOc2cc(C)n(C)c(=O)c2)c1. The molecular weight excluding hydrogens is 278 g/mol. The molecular formula is C18H19NO3. The summed E-state index contributed by atoms with van der Waals surface area (Å²) in [5.74, 6) is 7.09. The number of aromatic nitrogens is 1. The van der Waals surface area contributed by atoms with Crippen molar-refractivity contribution in [1.82, 2.24) is 4.57 Å². The molecule has 0 saturated carbocycles. The second-order valence-electron chi connectivity index (χ2n) is 4.98. The molecule has 0 amide bonds. The van der Waals surface area contributed by atoms with Crippen LogP contribution in [-0.4, -0.2) is 17.8 Å². The van der Waals surface area contributed by atoms with Crippen LogP contribution in [0, 0.1) is 25.7 Å². The molecule has 22 heavy (non-hydrogen) atoms. The normalized spacial score (nSPS) is 9.77. The summed E-state index contributed by atoms with van der Waals surface area (Å²) in [6.45, 7) is 4.40. The molecule has 0 saturated heterocycles. The Labute approximate surface area is 130 Å². The number of nitrogens with zero attached hydrogens (tertiary/aromatic N) is 1. The third-order valence-electron chi connectivity index (χ3n) is 3.21. The molecule has 0 N–H and O–H groups in total. The Bertz CT molecular complexity index is 766. The van der Waals surface area contributed by atoms with Crippen molar-refractivity contribution in [3.63, 3.8) is 0 Å². The van der Waals surface area contributed by atoms with E-state index < -0.39 is 0 Å². The smallest absolute Gasteiger partial charge is 0.254 e. The molecule has 114 valence electrons. The molecule has 0 unspecified atom stereocenters. The lowest BCUT2D eigenvalue weighted by atomic mass is 10.2. The minimum atomic E-state index is -0.0919. The molecule has 2 rings (SSSR count). The summed E-state index contributed by atoms with van der Waals surface area (Å²) in [7, 11) is 1.73. The Morgan fingerprint density at radius 3 is 2.32 bits per heavy atom. The van der Waals surface area contributed by atoms with E-state index in [1.54, 1.807) is 11.6 Å². The highest BCUT2D eigenvalue weighted by Crippen LogP contribution is 2.11. The quantitative estimate of drug-likeness (QED) is 0.814. The van der Waals surface area contributed by atoms with Gasteiger partial charge in [0.15, 0.2) is 0 Å². The number of aryl methyl sites for hydroxylation is 2. The van der Waals surface area contributed by atoms with Crippen LogP contribution in [0.4, 0.5) is 0 Å². The summed E-state index contributed by atoms with van der Waals surface area (Å²) in [5.41, 5.74) is 1.90.